The highest BCUT2D eigenvalue weighted by molar-refractivity contribution is 5.97. The van der Waals surface area contributed by atoms with E-state index in [1.54, 1.807) is 28.9 Å². The summed E-state index contributed by atoms with van der Waals surface area (Å²) in [6, 6.07) is 5.90. The van der Waals surface area contributed by atoms with Crippen molar-refractivity contribution < 1.29 is 32.5 Å². The van der Waals surface area contributed by atoms with Crippen LogP contribution in [0.25, 0.3) is 16.9 Å². The van der Waals surface area contributed by atoms with Gasteiger partial charge in [-0.15, -0.1) is 0 Å². The molecule has 0 aliphatic carbocycles. The Hall–Kier alpha value is -4.92. The molecule has 15 heteroatoms. The number of ether oxygens (including phenoxy) is 2. The van der Waals surface area contributed by atoms with Crippen LogP contribution >= 0.6 is 0 Å². The minimum Gasteiger partial charge on any atom is -0.507 e. The molecule has 1 amide bonds. The Morgan fingerprint density at radius 2 is 1.95 bits per heavy atom. The van der Waals surface area contributed by atoms with Gasteiger partial charge in [0.2, 0.25) is 5.65 Å². The van der Waals surface area contributed by atoms with Crippen LogP contribution < -0.4 is 4.74 Å². The van der Waals surface area contributed by atoms with Crippen LogP contribution in [0.2, 0.25) is 0 Å². The van der Waals surface area contributed by atoms with Crippen molar-refractivity contribution in [3.63, 3.8) is 0 Å². The number of imidazole rings is 1. The number of carbonyl (C=O) groups excluding carboxylic acids is 1. The highest BCUT2D eigenvalue weighted by Crippen LogP contribution is 2.37. The van der Waals surface area contributed by atoms with E-state index in [1.165, 1.54) is 52.1 Å². The molecule has 1 fully saturated rings. The van der Waals surface area contributed by atoms with Gasteiger partial charge in [0.15, 0.2) is 5.69 Å². The van der Waals surface area contributed by atoms with Crippen LogP contribution in [0.4, 0.5) is 13.2 Å². The Bertz CT molecular complexity index is 1740. The average Bonchev–Trinajstić information content (AvgIpc) is 3.68. The molecule has 1 N–H and O–H groups in total. The predicted molar refractivity (Wildman–Crippen MR) is 136 cm³/mol. The number of aromatic hydroxyl groups is 1. The van der Waals surface area contributed by atoms with Gasteiger partial charge in [-0.2, -0.15) is 23.4 Å². The number of aromatic nitrogens is 7. The molecule has 1 aromatic carbocycles. The van der Waals surface area contributed by atoms with Crippen molar-refractivity contribution in [1.29, 1.82) is 0 Å². The molecule has 0 bridgehead atoms. The summed E-state index contributed by atoms with van der Waals surface area (Å²) in [6.07, 6.45) is 2.25. The molecule has 41 heavy (non-hydrogen) atoms. The van der Waals surface area contributed by atoms with Crippen molar-refractivity contribution in [1.82, 2.24) is 38.8 Å². The monoisotopic (exact) mass is 568 g/mol. The van der Waals surface area contributed by atoms with E-state index in [4.69, 9.17) is 9.47 Å². The number of nitrogens with zero attached hydrogens (tertiary/aromatic N) is 8. The third-order valence-electron chi connectivity index (χ3n) is 6.66. The van der Waals surface area contributed by atoms with E-state index < -0.39 is 11.9 Å². The predicted octanol–water partition coefficient (Wildman–Crippen LogP) is 3.36. The zero-order chi connectivity index (χ0) is 28.7. The van der Waals surface area contributed by atoms with Gasteiger partial charge in [0.25, 0.3) is 11.8 Å². The highest BCUT2D eigenvalue weighted by atomic mass is 19.4. The summed E-state index contributed by atoms with van der Waals surface area (Å²) in [4.78, 5) is 22.8. The van der Waals surface area contributed by atoms with Gasteiger partial charge >= 0.3 is 6.18 Å². The molecule has 1 aliphatic rings. The van der Waals surface area contributed by atoms with Crippen LogP contribution in [0.3, 0.4) is 0 Å². The number of alkyl halides is 3. The molecular weight excluding hydrogens is 545 g/mol. The quantitative estimate of drug-likeness (QED) is 0.331. The van der Waals surface area contributed by atoms with Gasteiger partial charge < -0.3 is 19.5 Å². The smallest absolute Gasteiger partial charge is 0.435 e. The van der Waals surface area contributed by atoms with E-state index in [0.29, 0.717) is 32.0 Å². The second-order valence-electron chi connectivity index (χ2n) is 9.29. The lowest BCUT2D eigenvalue weighted by Crippen LogP contribution is -2.40. The summed E-state index contributed by atoms with van der Waals surface area (Å²) in [5.41, 5.74) is -0.185. The highest BCUT2D eigenvalue weighted by Gasteiger charge is 2.38. The van der Waals surface area contributed by atoms with Gasteiger partial charge in [-0.25, -0.2) is 9.97 Å². The van der Waals surface area contributed by atoms with Gasteiger partial charge in [0.05, 0.1) is 48.5 Å². The van der Waals surface area contributed by atoms with Crippen molar-refractivity contribution in [3.8, 4) is 28.6 Å². The first-order chi connectivity index (χ1) is 19.7. The summed E-state index contributed by atoms with van der Waals surface area (Å²) in [6.45, 7) is 1.77. The first-order valence-electron chi connectivity index (χ1n) is 12.5. The standard InChI is InChI=1S/C26H23F3N8O4/c1-34-16(4-5-32-34)14-36-15-19(22(33-36)26(27,28)29)20-13-31-23-24(30-6-7-37(20)23)41-17-2-3-18(21(38)12-17)25(39)35-8-10-40-11-9-35/h2-7,12-13,15,38H,8-11,14H2,1H3. The maximum absolute atomic E-state index is 14.0. The number of aryl methyl sites for hydroxylation is 1. The maximum Gasteiger partial charge on any atom is 0.435 e. The fourth-order valence-corrected chi connectivity index (χ4v) is 4.59. The third kappa shape index (κ3) is 5.06. The van der Waals surface area contributed by atoms with Crippen LogP contribution in [0.5, 0.6) is 17.4 Å². The first kappa shape index (κ1) is 26.3. The lowest BCUT2D eigenvalue weighted by atomic mass is 10.1. The molecule has 0 unspecified atom stereocenters. The molecule has 5 heterocycles. The summed E-state index contributed by atoms with van der Waals surface area (Å²) in [5, 5.41) is 18.4. The van der Waals surface area contributed by atoms with Gasteiger partial charge in [-0.1, -0.05) is 0 Å². The average molecular weight is 569 g/mol. The first-order valence-corrected chi connectivity index (χ1v) is 12.5. The van der Waals surface area contributed by atoms with Crippen LogP contribution in [0.1, 0.15) is 21.7 Å². The molecule has 5 aromatic rings. The number of hydrogen-bond acceptors (Lipinski definition) is 8. The largest absolute Gasteiger partial charge is 0.507 e. The molecule has 0 saturated carbocycles. The van der Waals surface area contributed by atoms with Gasteiger partial charge in [-0.05, 0) is 18.2 Å². The van der Waals surface area contributed by atoms with Crippen LogP contribution in [0.15, 0.2) is 55.2 Å². The number of hydrogen-bond donors (Lipinski definition) is 1. The van der Waals surface area contributed by atoms with Gasteiger partial charge in [-0.3, -0.25) is 18.6 Å². The topological polar surface area (TPSA) is 125 Å². The van der Waals surface area contributed by atoms with Gasteiger partial charge in [0.1, 0.15) is 11.5 Å². The van der Waals surface area contributed by atoms with Crippen LogP contribution in [-0.4, -0.2) is 76.1 Å². The molecule has 1 aliphatic heterocycles. The normalized spacial score (nSPS) is 14.1. The molecule has 12 nitrogen and oxygen atoms in total. The van der Waals surface area contributed by atoms with Crippen molar-refractivity contribution in [2.45, 2.75) is 12.7 Å². The van der Waals surface area contributed by atoms with E-state index >= 15 is 0 Å². The molecule has 1 saturated heterocycles. The number of carbonyl (C=O) groups is 1. The molecule has 0 spiro atoms. The fourth-order valence-electron chi connectivity index (χ4n) is 4.59. The Kier molecular flexibility index (Phi) is 6.57. The fraction of sp³-hybridized carbons (Fsp3) is 0.269. The Balaban J connectivity index is 1.31. The number of phenols is 1. The number of benzene rings is 1. The Labute approximate surface area is 230 Å². The van der Waals surface area contributed by atoms with Crippen molar-refractivity contribution >= 4 is 11.6 Å². The van der Waals surface area contributed by atoms with E-state index in [9.17, 15) is 23.1 Å². The Morgan fingerprint density at radius 3 is 2.66 bits per heavy atom. The lowest BCUT2D eigenvalue weighted by Gasteiger charge is -2.27. The number of amides is 1. The zero-order valence-corrected chi connectivity index (χ0v) is 21.6. The van der Waals surface area contributed by atoms with Gasteiger partial charge in [0, 0.05) is 51.0 Å². The lowest BCUT2D eigenvalue weighted by molar-refractivity contribution is -0.141. The number of rotatable bonds is 6. The summed E-state index contributed by atoms with van der Waals surface area (Å²) in [7, 11) is 1.69. The molecule has 0 atom stereocenters. The molecular formula is C26H23F3N8O4. The molecule has 6 rings (SSSR count). The minimum atomic E-state index is -4.72. The van der Waals surface area contributed by atoms with Crippen LogP contribution in [0, 0.1) is 0 Å². The molecule has 212 valence electrons. The number of morpholine rings is 1. The number of phenolic OH excluding ortho intramolecular Hbond substituents is 1. The molecule has 0 radical (unpaired) electrons. The van der Waals surface area contributed by atoms with Crippen molar-refractivity contribution in [2.24, 2.45) is 7.05 Å². The second-order valence-corrected chi connectivity index (χ2v) is 9.29. The zero-order valence-electron chi connectivity index (χ0n) is 21.6. The minimum absolute atomic E-state index is 0.0127. The summed E-state index contributed by atoms with van der Waals surface area (Å²) < 4.78 is 57.3. The third-order valence-corrected chi connectivity index (χ3v) is 6.66. The maximum atomic E-state index is 14.0. The van der Waals surface area contributed by atoms with E-state index in [2.05, 4.69) is 20.2 Å². The van der Waals surface area contributed by atoms with Crippen LogP contribution in [-0.2, 0) is 24.5 Å². The second kappa shape index (κ2) is 10.2. The summed E-state index contributed by atoms with van der Waals surface area (Å²) in [5.74, 6) is -0.474. The number of halogens is 3. The van der Waals surface area contributed by atoms with Crippen molar-refractivity contribution in [3.05, 3.63) is 72.2 Å². The van der Waals surface area contributed by atoms with E-state index in [1.807, 2.05) is 0 Å². The Morgan fingerprint density at radius 1 is 1.15 bits per heavy atom. The summed E-state index contributed by atoms with van der Waals surface area (Å²) >= 11 is 0. The SMILES string of the molecule is Cn1nccc1Cn1cc(-c2cnc3c(Oc4ccc(C(=O)N5CCOCC5)c(O)c4)nccn23)c(C(F)(F)F)n1. The van der Waals surface area contributed by atoms with E-state index in [-0.39, 0.29) is 52.3 Å². The molecule has 4 aromatic heterocycles. The van der Waals surface area contributed by atoms with E-state index in [0.717, 1.165) is 0 Å². The van der Waals surface area contributed by atoms with Crippen molar-refractivity contribution in [2.75, 3.05) is 26.3 Å². The number of fused-ring (bicyclic) bond motifs is 1.